The third kappa shape index (κ3) is 8.69. The second kappa shape index (κ2) is 15.8. The van der Waals surface area contributed by atoms with Crippen molar-refractivity contribution in [2.75, 3.05) is 28.8 Å². The van der Waals surface area contributed by atoms with Crippen molar-refractivity contribution < 1.29 is 31.5 Å². The minimum Gasteiger partial charge on any atom is -0.497 e. The molecule has 0 aliphatic rings. The molecule has 250 valence electrons. The summed E-state index contributed by atoms with van der Waals surface area (Å²) in [6.45, 7) is 0.0830. The molecule has 0 bridgehead atoms. The number of anilines is 2. The number of carbonyl (C=O) groups is 1. The summed E-state index contributed by atoms with van der Waals surface area (Å²) in [4.78, 5) is 16.8. The number of nitrogens with zero attached hydrogens (tertiary/aromatic N) is 3. The number of ether oxygens (including phenoxy) is 1. The zero-order chi connectivity index (χ0) is 34.1. The topological polar surface area (TPSA) is 134 Å². The predicted molar refractivity (Wildman–Crippen MR) is 189 cm³/mol. The molecule has 0 spiro atoms. The van der Waals surface area contributed by atoms with E-state index < -0.39 is 26.9 Å². The van der Waals surface area contributed by atoms with Crippen LogP contribution in [0.15, 0.2) is 109 Å². The Morgan fingerprint density at radius 3 is 2.27 bits per heavy atom. The second-order valence-electron chi connectivity index (χ2n) is 11.2. The molecule has 0 amide bonds. The predicted octanol–water partition coefficient (Wildman–Crippen LogP) is 5.88. The molecule has 1 N–H and O–H groups in total. The molecule has 0 radical (unpaired) electrons. The fourth-order valence-corrected chi connectivity index (χ4v) is 7.79. The zero-order valence-corrected chi connectivity index (χ0v) is 28.1. The van der Waals surface area contributed by atoms with Gasteiger partial charge in [-0.25, -0.2) is 21.6 Å². The molecule has 0 aliphatic carbocycles. The number of methoxy groups -OCH3 is 1. The van der Waals surface area contributed by atoms with E-state index in [4.69, 9.17) is 9.72 Å². The average molecular weight is 688 g/mol. The maximum absolute atomic E-state index is 14.0. The standard InChI is InChI=1S/C36H37N3O7S2/c1-46-32-21-19-31(20-22-32)38(47(42)43)23-6-7-24-39(35-14-5-3-12-33(35)36(40)41)48(44,45)26-28-10-8-9-27(25-28)15-17-30-18-16-29-11-2-4-13-34(29)37-30/h2-5,8-14,16,18-22,25,47H,6-7,15,17,23-24,26H2,1H3,(H,40,41). The number of pyridine rings is 1. The van der Waals surface area contributed by atoms with Crippen LogP contribution in [-0.4, -0.2) is 53.1 Å². The van der Waals surface area contributed by atoms with Crippen LogP contribution in [0.4, 0.5) is 11.4 Å². The third-order valence-corrected chi connectivity index (χ3v) is 10.5. The summed E-state index contributed by atoms with van der Waals surface area (Å²) in [5.74, 6) is -0.998. The van der Waals surface area contributed by atoms with Gasteiger partial charge in [0.2, 0.25) is 20.9 Å². The Bertz CT molecular complexity index is 2060. The van der Waals surface area contributed by atoms with Crippen LogP contribution in [0.2, 0.25) is 0 Å². The van der Waals surface area contributed by atoms with Gasteiger partial charge in [0.25, 0.3) is 0 Å². The Morgan fingerprint density at radius 1 is 0.812 bits per heavy atom. The van der Waals surface area contributed by atoms with Crippen molar-refractivity contribution in [2.24, 2.45) is 0 Å². The van der Waals surface area contributed by atoms with Crippen LogP contribution in [0, 0.1) is 0 Å². The van der Waals surface area contributed by atoms with Gasteiger partial charge in [-0.1, -0.05) is 60.7 Å². The van der Waals surface area contributed by atoms with Crippen LogP contribution in [0.1, 0.15) is 40.0 Å². The first-order chi connectivity index (χ1) is 23.1. The van der Waals surface area contributed by atoms with Crippen LogP contribution >= 0.6 is 0 Å². The molecule has 48 heavy (non-hydrogen) atoms. The molecule has 5 rings (SSSR count). The highest BCUT2D eigenvalue weighted by Gasteiger charge is 2.27. The fraction of sp³-hybridized carbons (Fsp3) is 0.222. The first kappa shape index (κ1) is 34.4. The van der Waals surface area contributed by atoms with E-state index in [1.807, 2.05) is 54.6 Å². The number of hydrogen-bond donors (Lipinski definition) is 2. The Labute approximate surface area is 282 Å². The van der Waals surface area contributed by atoms with Gasteiger partial charge < -0.3 is 9.84 Å². The van der Waals surface area contributed by atoms with E-state index in [0.29, 0.717) is 36.3 Å². The highest BCUT2D eigenvalue weighted by Crippen LogP contribution is 2.27. The van der Waals surface area contributed by atoms with Crippen LogP contribution in [0.3, 0.4) is 0 Å². The normalized spacial score (nSPS) is 11.5. The lowest BCUT2D eigenvalue weighted by molar-refractivity contribution is 0.0697. The van der Waals surface area contributed by atoms with Gasteiger partial charge in [-0.3, -0.25) is 13.6 Å². The average Bonchev–Trinajstić information content (AvgIpc) is 3.08. The first-order valence-electron chi connectivity index (χ1n) is 15.5. The maximum atomic E-state index is 14.0. The quantitative estimate of drug-likeness (QED) is 0.0971. The zero-order valence-electron chi connectivity index (χ0n) is 26.4. The number of carboxylic acid groups (broad SMARTS) is 1. The highest BCUT2D eigenvalue weighted by atomic mass is 32.2. The number of unbranched alkanes of at least 4 members (excludes halogenated alkanes) is 1. The molecule has 4 aromatic carbocycles. The fourth-order valence-electron chi connectivity index (χ4n) is 5.54. The van der Waals surface area contributed by atoms with Gasteiger partial charge in [0.1, 0.15) is 5.75 Å². The lowest BCUT2D eigenvalue weighted by Gasteiger charge is -2.26. The molecular weight excluding hydrogens is 651 g/mol. The highest BCUT2D eigenvalue weighted by molar-refractivity contribution is 7.92. The maximum Gasteiger partial charge on any atom is 0.337 e. The second-order valence-corrected chi connectivity index (χ2v) is 14.1. The molecular formula is C36H37N3O7S2. The van der Waals surface area contributed by atoms with Crippen LogP contribution in [0.5, 0.6) is 5.75 Å². The van der Waals surface area contributed by atoms with E-state index in [1.54, 1.807) is 42.5 Å². The molecule has 5 aromatic rings. The lowest BCUT2D eigenvalue weighted by Crippen LogP contribution is -2.35. The number of benzene rings is 4. The van der Waals surface area contributed by atoms with Gasteiger partial charge >= 0.3 is 5.97 Å². The summed E-state index contributed by atoms with van der Waals surface area (Å²) in [6, 6.07) is 31.9. The number of para-hydroxylation sites is 2. The number of hydrogen-bond acceptors (Lipinski definition) is 7. The first-order valence-corrected chi connectivity index (χ1v) is 18.2. The number of carboxylic acids is 1. The number of aromatic nitrogens is 1. The smallest absolute Gasteiger partial charge is 0.337 e. The molecule has 1 aromatic heterocycles. The van der Waals surface area contributed by atoms with E-state index in [1.165, 1.54) is 23.5 Å². The van der Waals surface area contributed by atoms with Crippen molar-refractivity contribution in [3.63, 3.8) is 0 Å². The van der Waals surface area contributed by atoms with Gasteiger partial charge in [-0.15, -0.1) is 0 Å². The van der Waals surface area contributed by atoms with Gasteiger partial charge in [0.15, 0.2) is 0 Å². The molecule has 0 saturated carbocycles. The number of rotatable bonds is 16. The Hall–Kier alpha value is -4.94. The lowest BCUT2D eigenvalue weighted by atomic mass is 10.0. The van der Waals surface area contributed by atoms with Crippen LogP contribution < -0.4 is 13.3 Å². The molecule has 0 unspecified atom stereocenters. The summed E-state index contributed by atoms with van der Waals surface area (Å²) < 4.78 is 59.6. The molecule has 0 fully saturated rings. The van der Waals surface area contributed by atoms with E-state index in [9.17, 15) is 26.7 Å². The number of fused-ring (bicyclic) bond motifs is 1. The molecule has 0 saturated heterocycles. The minimum absolute atomic E-state index is 0.0357. The van der Waals surface area contributed by atoms with Crippen molar-refractivity contribution in [1.29, 1.82) is 0 Å². The van der Waals surface area contributed by atoms with Gasteiger partial charge in [0, 0.05) is 24.2 Å². The van der Waals surface area contributed by atoms with Crippen molar-refractivity contribution in [2.45, 2.75) is 31.4 Å². The summed E-state index contributed by atoms with van der Waals surface area (Å²) in [7, 11) is -5.49. The van der Waals surface area contributed by atoms with E-state index in [0.717, 1.165) is 26.5 Å². The van der Waals surface area contributed by atoms with Crippen LogP contribution in [0.25, 0.3) is 10.9 Å². The number of sulfonamides is 1. The largest absolute Gasteiger partial charge is 0.497 e. The summed E-state index contributed by atoms with van der Waals surface area (Å²) >= 11 is 0. The summed E-state index contributed by atoms with van der Waals surface area (Å²) in [5.41, 5.74) is 3.78. The Kier molecular flexibility index (Phi) is 11.3. The van der Waals surface area contributed by atoms with E-state index >= 15 is 0 Å². The van der Waals surface area contributed by atoms with Crippen molar-refractivity contribution in [3.8, 4) is 5.75 Å². The van der Waals surface area contributed by atoms with E-state index in [-0.39, 0.29) is 36.5 Å². The number of aryl methyl sites for hydroxylation is 2. The van der Waals surface area contributed by atoms with Crippen LogP contribution in [-0.2, 0) is 39.5 Å². The molecule has 0 aliphatic heterocycles. The van der Waals surface area contributed by atoms with E-state index in [2.05, 4.69) is 0 Å². The van der Waals surface area contributed by atoms with Crippen molar-refractivity contribution in [3.05, 3.63) is 132 Å². The molecule has 10 nitrogen and oxygen atoms in total. The van der Waals surface area contributed by atoms with Crippen molar-refractivity contribution in [1.82, 2.24) is 4.98 Å². The SMILES string of the molecule is COc1ccc(N(CCCCN(c2ccccc2C(=O)O)S(=O)(=O)Cc2cccc(CCc3ccc4ccccc4n3)c2)[SH](=O)=O)cc1. The van der Waals surface area contributed by atoms with Gasteiger partial charge in [-0.05, 0) is 85.3 Å². The monoisotopic (exact) mass is 687 g/mol. The third-order valence-electron chi connectivity index (χ3n) is 7.95. The van der Waals surface area contributed by atoms with Gasteiger partial charge in [0.05, 0.1) is 35.3 Å². The number of thiol groups is 1. The minimum atomic E-state index is -4.06. The van der Waals surface area contributed by atoms with Crippen molar-refractivity contribution >= 4 is 49.2 Å². The van der Waals surface area contributed by atoms with Gasteiger partial charge in [-0.2, -0.15) is 0 Å². The Morgan fingerprint density at radius 2 is 1.52 bits per heavy atom. The Balaban J connectivity index is 1.31. The summed E-state index contributed by atoms with van der Waals surface area (Å²) in [6.07, 6.45) is 1.95. The summed E-state index contributed by atoms with van der Waals surface area (Å²) in [5, 5.41) is 10.9. The molecule has 1 heterocycles. The number of aromatic carboxylic acids is 1. The molecule has 12 heteroatoms. The molecule has 0 atom stereocenters.